The number of benzene rings is 3. The van der Waals surface area contributed by atoms with Crippen LogP contribution in [0.4, 0.5) is 0 Å². The van der Waals surface area contributed by atoms with Crippen molar-refractivity contribution in [3.63, 3.8) is 0 Å². The lowest BCUT2D eigenvalue weighted by Gasteiger charge is -2.37. The van der Waals surface area contributed by atoms with E-state index in [-0.39, 0.29) is 25.0 Å². The molecule has 0 amide bonds. The smallest absolute Gasteiger partial charge is 0.348 e. The van der Waals surface area contributed by atoms with E-state index in [0.29, 0.717) is 57.1 Å². The number of carbonyl (C=O) groups is 2. The number of rotatable bonds is 16. The Morgan fingerprint density at radius 1 is 0.980 bits per heavy atom. The number of likely N-dealkylation sites (tertiary alicyclic amines) is 1. The fourth-order valence-corrected chi connectivity index (χ4v) is 7.10. The number of halogens is 2. The number of methoxy groups -OCH3 is 2. The average molecular weight is 727 g/mol. The molecule has 49 heavy (non-hydrogen) atoms. The average Bonchev–Trinajstić information content (AvgIpc) is 3.58. The van der Waals surface area contributed by atoms with Crippen LogP contribution in [0.25, 0.3) is 0 Å². The highest BCUT2D eigenvalue weighted by atomic mass is 35.5. The molecule has 4 aromatic rings. The van der Waals surface area contributed by atoms with Gasteiger partial charge >= 0.3 is 11.9 Å². The Balaban J connectivity index is 1.32. The molecule has 2 heterocycles. The Morgan fingerprint density at radius 3 is 2.35 bits per heavy atom. The molecule has 12 heteroatoms. The normalized spacial score (nSPS) is 15.6. The molecule has 260 valence electrons. The van der Waals surface area contributed by atoms with E-state index in [4.69, 9.17) is 42.1 Å². The van der Waals surface area contributed by atoms with Gasteiger partial charge in [0.2, 0.25) is 0 Å². The Bertz CT molecular complexity index is 1710. The van der Waals surface area contributed by atoms with Crippen LogP contribution in [0, 0.1) is 0 Å². The van der Waals surface area contributed by atoms with E-state index in [1.165, 1.54) is 18.4 Å². The molecule has 1 saturated heterocycles. The largest absolute Gasteiger partial charge is 0.854 e. The molecule has 0 bridgehead atoms. The zero-order chi connectivity index (χ0) is 34.9. The molecule has 3 atom stereocenters. The van der Waals surface area contributed by atoms with Gasteiger partial charge in [-0.05, 0) is 85.1 Å². The molecule has 0 aliphatic carbocycles. The lowest BCUT2D eigenvalue weighted by molar-refractivity contribution is -0.366. The van der Waals surface area contributed by atoms with Crippen LogP contribution in [0.2, 0.25) is 10.0 Å². The fourth-order valence-electron chi connectivity index (χ4n) is 5.58. The number of esters is 2. The lowest BCUT2D eigenvalue weighted by atomic mass is 9.99. The molecule has 1 unspecified atom stereocenters. The maximum absolute atomic E-state index is 13.6. The van der Waals surface area contributed by atoms with Gasteiger partial charge in [-0.15, -0.1) is 17.9 Å². The van der Waals surface area contributed by atoms with Crippen LogP contribution in [0.1, 0.15) is 55.4 Å². The minimum atomic E-state index is -0.789. The van der Waals surface area contributed by atoms with Crippen molar-refractivity contribution < 1.29 is 33.6 Å². The van der Waals surface area contributed by atoms with Gasteiger partial charge in [0.1, 0.15) is 23.6 Å². The van der Waals surface area contributed by atoms with Crippen LogP contribution in [-0.4, -0.2) is 63.9 Å². The highest BCUT2D eigenvalue weighted by Gasteiger charge is 2.29. The van der Waals surface area contributed by atoms with Crippen LogP contribution in [0.5, 0.6) is 11.5 Å². The molecule has 1 aliphatic rings. The standard InChI is InChI=1S/C37H39Cl2N2O7S/c1-41-15-13-26(41)22-47-37(44)35(24-7-5-4-6-8-24)40-21-27-10-12-34(49-27)36(43)48-32(25-9-11-31(45-2)33(19-25)46-3)20-28-29(38)17-23(14-16-42)18-30(28)39/h4-12,17-19,26,32,35,40H,13-16,20-22H2,1-3H3/q-1/t26-,32+,35?/m1/s1. The molecule has 9 nitrogen and oxygen atoms in total. The summed E-state index contributed by atoms with van der Waals surface area (Å²) in [5.41, 5.74) is 2.77. The molecule has 1 N–H and O–H groups in total. The number of nitrogens with one attached hydrogen (secondary N) is 1. The first-order chi connectivity index (χ1) is 23.7. The summed E-state index contributed by atoms with van der Waals surface area (Å²) in [5, 5.41) is 15.3. The number of thiophene rings is 1. The van der Waals surface area contributed by atoms with Crippen molar-refractivity contribution in [1.82, 2.24) is 10.2 Å². The van der Waals surface area contributed by atoms with Gasteiger partial charge in [-0.1, -0.05) is 59.6 Å². The van der Waals surface area contributed by atoms with E-state index < -0.39 is 18.1 Å². The second-order valence-corrected chi connectivity index (χ2v) is 13.7. The van der Waals surface area contributed by atoms with Crippen molar-refractivity contribution in [3.8, 4) is 11.5 Å². The van der Waals surface area contributed by atoms with Crippen molar-refractivity contribution in [3.05, 3.63) is 115 Å². The van der Waals surface area contributed by atoms with E-state index in [2.05, 4.69) is 10.2 Å². The van der Waals surface area contributed by atoms with Crippen LogP contribution in [-0.2, 0) is 33.7 Å². The van der Waals surface area contributed by atoms with Gasteiger partial charge in [-0.25, -0.2) is 9.59 Å². The maximum Gasteiger partial charge on any atom is 0.348 e. The van der Waals surface area contributed by atoms with E-state index in [1.807, 2.05) is 43.4 Å². The molecular formula is C37H39Cl2N2O7S-. The quantitative estimate of drug-likeness (QED) is 0.135. The van der Waals surface area contributed by atoms with Crippen molar-refractivity contribution >= 4 is 46.5 Å². The highest BCUT2D eigenvalue weighted by Crippen LogP contribution is 2.37. The number of carbonyl (C=O) groups excluding carboxylic acids is 2. The second kappa shape index (κ2) is 17.3. The molecule has 5 rings (SSSR count). The van der Waals surface area contributed by atoms with Gasteiger partial charge in [-0.2, -0.15) is 0 Å². The van der Waals surface area contributed by atoms with Crippen LogP contribution in [0.15, 0.2) is 72.8 Å². The van der Waals surface area contributed by atoms with Crippen molar-refractivity contribution in [2.45, 2.75) is 44.0 Å². The summed E-state index contributed by atoms with van der Waals surface area (Å²) >= 11 is 14.5. The Labute approximate surface area is 300 Å². The molecule has 1 aromatic heterocycles. The van der Waals surface area contributed by atoms with Gasteiger partial charge in [0.25, 0.3) is 0 Å². The summed E-state index contributed by atoms with van der Waals surface area (Å²) in [6, 6.07) is 21.3. The fraction of sp³-hybridized carbons (Fsp3) is 0.351. The third-order valence-corrected chi connectivity index (χ3v) is 10.3. The topological polar surface area (TPSA) is 109 Å². The Morgan fingerprint density at radius 2 is 1.71 bits per heavy atom. The molecular weight excluding hydrogens is 687 g/mol. The van der Waals surface area contributed by atoms with E-state index in [9.17, 15) is 14.7 Å². The number of nitrogens with zero attached hydrogens (tertiary/aromatic N) is 1. The summed E-state index contributed by atoms with van der Waals surface area (Å²) < 4.78 is 22.7. The van der Waals surface area contributed by atoms with E-state index in [0.717, 1.165) is 29.0 Å². The lowest BCUT2D eigenvalue weighted by Crippen LogP contribution is -2.48. The monoisotopic (exact) mass is 725 g/mol. The van der Waals surface area contributed by atoms with Gasteiger partial charge in [-0.3, -0.25) is 10.2 Å². The Kier molecular flexibility index (Phi) is 13.0. The first-order valence-corrected chi connectivity index (χ1v) is 17.5. The van der Waals surface area contributed by atoms with Gasteiger partial charge < -0.3 is 24.1 Å². The van der Waals surface area contributed by atoms with Gasteiger partial charge in [0, 0.05) is 33.9 Å². The second-order valence-electron chi connectivity index (χ2n) is 11.7. The molecule has 0 saturated carbocycles. The highest BCUT2D eigenvalue weighted by molar-refractivity contribution is 7.13. The summed E-state index contributed by atoms with van der Waals surface area (Å²) in [4.78, 5) is 30.2. The first-order valence-electron chi connectivity index (χ1n) is 15.9. The van der Waals surface area contributed by atoms with Gasteiger partial charge in [0.15, 0.2) is 11.5 Å². The maximum atomic E-state index is 13.6. The van der Waals surface area contributed by atoms with Crippen molar-refractivity contribution in [2.24, 2.45) is 0 Å². The third-order valence-electron chi connectivity index (χ3n) is 8.58. The first kappa shape index (κ1) is 36.6. The third kappa shape index (κ3) is 9.33. The predicted molar refractivity (Wildman–Crippen MR) is 189 cm³/mol. The summed E-state index contributed by atoms with van der Waals surface area (Å²) in [6.07, 6.45) is 0.689. The Hall–Kier alpha value is -3.64. The molecule has 0 radical (unpaired) electrons. The molecule has 3 aromatic carbocycles. The number of hydrogen-bond donors (Lipinski definition) is 1. The molecule has 1 fully saturated rings. The summed E-state index contributed by atoms with van der Waals surface area (Å²) in [5.74, 6) is 0.117. The SMILES string of the molecule is COc1ccc([C@H](Cc2c(Cl)cc(CC[O-])cc2Cl)OC(=O)c2ccc(CNC(C(=O)OC[C@H]3CCN3C)c3ccccc3)s2)cc1OC. The number of ether oxygens (including phenoxy) is 4. The van der Waals surface area contributed by atoms with Crippen molar-refractivity contribution in [2.75, 3.05) is 41.0 Å². The number of hydrogen-bond acceptors (Lipinski definition) is 10. The molecule has 1 aliphatic heterocycles. The van der Waals surface area contributed by atoms with Crippen LogP contribution >= 0.6 is 34.5 Å². The van der Waals surface area contributed by atoms with Crippen LogP contribution < -0.4 is 19.9 Å². The van der Waals surface area contributed by atoms with Crippen LogP contribution in [0.3, 0.4) is 0 Å². The van der Waals surface area contributed by atoms with Crippen molar-refractivity contribution in [1.29, 1.82) is 0 Å². The van der Waals surface area contributed by atoms with Gasteiger partial charge in [0.05, 0.1) is 14.2 Å². The minimum Gasteiger partial charge on any atom is -0.854 e. The van der Waals surface area contributed by atoms with E-state index in [1.54, 1.807) is 43.5 Å². The zero-order valence-electron chi connectivity index (χ0n) is 27.6. The summed E-state index contributed by atoms with van der Waals surface area (Å²) in [6.45, 7) is 1.39. The van der Waals surface area contributed by atoms with E-state index >= 15 is 0 Å². The number of likely N-dealkylation sites (N-methyl/N-ethyl adjacent to an activating group) is 1. The summed E-state index contributed by atoms with van der Waals surface area (Å²) in [7, 11) is 5.09. The zero-order valence-corrected chi connectivity index (χ0v) is 29.9. The molecule has 0 spiro atoms. The predicted octanol–water partition coefficient (Wildman–Crippen LogP) is 6.19. The minimum absolute atomic E-state index is 0.174.